The van der Waals surface area contributed by atoms with Gasteiger partial charge >= 0.3 is 0 Å². The molecule has 16 heavy (non-hydrogen) atoms. The first-order valence-corrected chi connectivity index (χ1v) is 4.49. The molecule has 0 aliphatic heterocycles. The van der Waals surface area contributed by atoms with E-state index in [4.69, 9.17) is 4.52 Å². The van der Waals surface area contributed by atoms with E-state index < -0.39 is 4.92 Å². The second-order valence-electron chi connectivity index (χ2n) is 2.99. The van der Waals surface area contributed by atoms with Gasteiger partial charge in [0.1, 0.15) is 12.0 Å². The van der Waals surface area contributed by atoms with Gasteiger partial charge < -0.3 is 9.84 Å². The number of nitrogens with zero attached hydrogens (tertiary/aromatic N) is 3. The molecule has 0 saturated carbocycles. The molecule has 82 valence electrons. The Kier molecular flexibility index (Phi) is 2.77. The zero-order valence-corrected chi connectivity index (χ0v) is 8.16. The minimum Gasteiger partial charge on any atom is -0.363 e. The van der Waals surface area contributed by atoms with Crippen LogP contribution in [0, 0.1) is 10.1 Å². The highest BCUT2D eigenvalue weighted by molar-refractivity contribution is 5.40. The molecule has 2 rings (SSSR count). The van der Waals surface area contributed by atoms with Gasteiger partial charge in [0.05, 0.1) is 17.7 Å². The molecule has 0 saturated heterocycles. The van der Waals surface area contributed by atoms with Crippen LogP contribution < -0.4 is 5.32 Å². The Morgan fingerprint density at radius 3 is 2.88 bits per heavy atom. The average Bonchev–Trinajstić information content (AvgIpc) is 2.80. The average molecular weight is 220 g/mol. The van der Waals surface area contributed by atoms with Gasteiger partial charge in [-0.2, -0.15) is 0 Å². The first kappa shape index (κ1) is 10.1. The van der Waals surface area contributed by atoms with Crippen molar-refractivity contribution in [1.82, 2.24) is 10.1 Å². The molecule has 0 radical (unpaired) electrons. The summed E-state index contributed by atoms with van der Waals surface area (Å²) in [7, 11) is 0. The topological polar surface area (TPSA) is 94.1 Å². The SMILES string of the molecule is O=[N+]([O-])c1ccc(NCc2ccno2)nc1. The summed E-state index contributed by atoms with van der Waals surface area (Å²) >= 11 is 0. The lowest BCUT2D eigenvalue weighted by Crippen LogP contribution is -2.00. The standard InChI is InChI=1S/C9H8N4O3/c14-13(15)7-1-2-9(10-5-7)11-6-8-3-4-12-16-8/h1-5H,6H2,(H,10,11). The van der Waals surface area contributed by atoms with Crippen LogP contribution in [-0.2, 0) is 6.54 Å². The van der Waals surface area contributed by atoms with E-state index >= 15 is 0 Å². The molecule has 0 spiro atoms. The summed E-state index contributed by atoms with van der Waals surface area (Å²) in [6, 6.07) is 4.64. The first-order chi connectivity index (χ1) is 7.75. The Bertz CT molecular complexity index is 466. The van der Waals surface area contributed by atoms with Crippen molar-refractivity contribution in [3.8, 4) is 0 Å². The Labute approximate surface area is 90.2 Å². The van der Waals surface area contributed by atoms with E-state index in [-0.39, 0.29) is 5.69 Å². The molecule has 0 aliphatic carbocycles. The Morgan fingerprint density at radius 2 is 2.31 bits per heavy atom. The van der Waals surface area contributed by atoms with Crippen LogP contribution in [0.2, 0.25) is 0 Å². The molecular formula is C9H8N4O3. The van der Waals surface area contributed by atoms with Crippen LogP contribution in [0.4, 0.5) is 11.5 Å². The second kappa shape index (κ2) is 4.39. The van der Waals surface area contributed by atoms with E-state index in [0.717, 1.165) is 0 Å². The third-order valence-corrected chi connectivity index (χ3v) is 1.89. The fourth-order valence-corrected chi connectivity index (χ4v) is 1.11. The van der Waals surface area contributed by atoms with Crippen molar-refractivity contribution in [3.63, 3.8) is 0 Å². The van der Waals surface area contributed by atoms with Gasteiger partial charge in [0, 0.05) is 12.1 Å². The molecule has 0 aliphatic rings. The summed E-state index contributed by atoms with van der Waals surface area (Å²) in [4.78, 5) is 13.8. The van der Waals surface area contributed by atoms with Gasteiger partial charge in [0.15, 0.2) is 5.76 Å². The quantitative estimate of drug-likeness (QED) is 0.621. The lowest BCUT2D eigenvalue weighted by Gasteiger charge is -2.01. The first-order valence-electron chi connectivity index (χ1n) is 4.49. The zero-order chi connectivity index (χ0) is 11.4. The number of pyridine rings is 1. The highest BCUT2D eigenvalue weighted by atomic mass is 16.6. The number of nitrogens with one attached hydrogen (secondary N) is 1. The number of aromatic nitrogens is 2. The van der Waals surface area contributed by atoms with Gasteiger partial charge in [0.2, 0.25) is 0 Å². The van der Waals surface area contributed by atoms with Gasteiger partial charge in [0.25, 0.3) is 5.69 Å². The molecule has 2 aromatic rings. The van der Waals surface area contributed by atoms with E-state index in [0.29, 0.717) is 18.1 Å². The van der Waals surface area contributed by atoms with E-state index in [9.17, 15) is 10.1 Å². The van der Waals surface area contributed by atoms with Crippen LogP contribution >= 0.6 is 0 Å². The summed E-state index contributed by atoms with van der Waals surface area (Å²) in [5.41, 5.74) is -0.0368. The van der Waals surface area contributed by atoms with Gasteiger partial charge in [-0.05, 0) is 6.07 Å². The lowest BCUT2D eigenvalue weighted by molar-refractivity contribution is -0.385. The predicted octanol–water partition coefficient (Wildman–Crippen LogP) is 1.59. The Morgan fingerprint density at radius 1 is 1.44 bits per heavy atom. The smallest absolute Gasteiger partial charge is 0.287 e. The van der Waals surface area contributed by atoms with Crippen molar-refractivity contribution < 1.29 is 9.45 Å². The van der Waals surface area contributed by atoms with Crippen LogP contribution in [0.1, 0.15) is 5.76 Å². The summed E-state index contributed by atoms with van der Waals surface area (Å²) in [6.07, 6.45) is 2.74. The van der Waals surface area contributed by atoms with Crippen LogP contribution in [0.25, 0.3) is 0 Å². The van der Waals surface area contributed by atoms with Crippen molar-refractivity contribution in [1.29, 1.82) is 0 Å². The van der Waals surface area contributed by atoms with Crippen LogP contribution in [0.15, 0.2) is 35.1 Å². The highest BCUT2D eigenvalue weighted by Crippen LogP contribution is 2.12. The van der Waals surface area contributed by atoms with Crippen LogP contribution in [0.5, 0.6) is 0 Å². The van der Waals surface area contributed by atoms with Crippen molar-refractivity contribution in [3.05, 3.63) is 46.5 Å². The third kappa shape index (κ3) is 2.32. The molecule has 0 unspecified atom stereocenters. The third-order valence-electron chi connectivity index (χ3n) is 1.89. The number of anilines is 1. The molecule has 0 amide bonds. The van der Waals surface area contributed by atoms with E-state index in [1.54, 1.807) is 12.3 Å². The fraction of sp³-hybridized carbons (Fsp3) is 0.111. The summed E-state index contributed by atoms with van der Waals surface area (Å²) in [6.45, 7) is 0.435. The van der Waals surface area contributed by atoms with Crippen LogP contribution in [-0.4, -0.2) is 15.1 Å². The van der Waals surface area contributed by atoms with Gasteiger partial charge in [-0.1, -0.05) is 5.16 Å². The minimum absolute atomic E-state index is 0.0368. The molecule has 0 fully saturated rings. The molecular weight excluding hydrogens is 212 g/mol. The lowest BCUT2D eigenvalue weighted by atomic mass is 10.4. The molecule has 1 N–H and O–H groups in total. The minimum atomic E-state index is -0.493. The maximum absolute atomic E-state index is 10.4. The van der Waals surface area contributed by atoms with E-state index in [1.165, 1.54) is 18.3 Å². The maximum Gasteiger partial charge on any atom is 0.287 e. The molecule has 2 heterocycles. The van der Waals surface area contributed by atoms with Gasteiger partial charge in [-0.25, -0.2) is 4.98 Å². The number of hydrogen-bond acceptors (Lipinski definition) is 6. The number of hydrogen-bond donors (Lipinski definition) is 1. The van der Waals surface area contributed by atoms with Crippen molar-refractivity contribution in [2.45, 2.75) is 6.54 Å². The van der Waals surface area contributed by atoms with Crippen molar-refractivity contribution in [2.24, 2.45) is 0 Å². The molecule has 0 atom stereocenters. The Hall–Kier alpha value is -2.44. The van der Waals surface area contributed by atoms with E-state index in [1.807, 2.05) is 0 Å². The summed E-state index contributed by atoms with van der Waals surface area (Å²) in [5.74, 6) is 1.21. The molecule has 7 heteroatoms. The number of nitro groups is 1. The zero-order valence-electron chi connectivity index (χ0n) is 8.16. The van der Waals surface area contributed by atoms with Crippen molar-refractivity contribution >= 4 is 11.5 Å². The monoisotopic (exact) mass is 220 g/mol. The molecule has 7 nitrogen and oxygen atoms in total. The molecule has 0 bridgehead atoms. The highest BCUT2D eigenvalue weighted by Gasteiger charge is 2.05. The normalized spacial score (nSPS) is 10.0. The largest absolute Gasteiger partial charge is 0.363 e. The summed E-state index contributed by atoms with van der Waals surface area (Å²) in [5, 5.41) is 16.9. The predicted molar refractivity (Wildman–Crippen MR) is 54.7 cm³/mol. The molecule has 0 aromatic carbocycles. The maximum atomic E-state index is 10.4. The fourth-order valence-electron chi connectivity index (χ4n) is 1.11. The molecule has 2 aromatic heterocycles. The van der Waals surface area contributed by atoms with Gasteiger partial charge in [-0.3, -0.25) is 10.1 Å². The van der Waals surface area contributed by atoms with Crippen LogP contribution in [0.3, 0.4) is 0 Å². The number of rotatable bonds is 4. The Balaban J connectivity index is 1.98. The summed E-state index contributed by atoms with van der Waals surface area (Å²) < 4.78 is 4.87. The van der Waals surface area contributed by atoms with E-state index in [2.05, 4.69) is 15.5 Å². The van der Waals surface area contributed by atoms with Gasteiger partial charge in [-0.15, -0.1) is 0 Å². The second-order valence-corrected chi connectivity index (χ2v) is 2.99. The van der Waals surface area contributed by atoms with Crippen molar-refractivity contribution in [2.75, 3.05) is 5.32 Å².